The molecule has 9 heteroatoms. The van der Waals surface area contributed by atoms with Gasteiger partial charge in [0.2, 0.25) is 0 Å². The molecular formula is C27H32FN7O. The molecule has 5 heterocycles. The van der Waals surface area contributed by atoms with E-state index in [4.69, 9.17) is 10.5 Å². The first-order valence-corrected chi connectivity index (χ1v) is 12.6. The summed E-state index contributed by atoms with van der Waals surface area (Å²) >= 11 is 0. The molecule has 0 amide bonds. The van der Waals surface area contributed by atoms with E-state index < -0.39 is 5.82 Å². The third-order valence-corrected chi connectivity index (χ3v) is 7.63. The molecule has 3 saturated heterocycles. The van der Waals surface area contributed by atoms with E-state index in [0.717, 1.165) is 38.4 Å². The first-order valence-electron chi connectivity index (χ1n) is 12.6. The van der Waals surface area contributed by atoms with E-state index in [1.165, 1.54) is 22.0 Å². The van der Waals surface area contributed by atoms with E-state index in [0.29, 0.717) is 30.2 Å². The van der Waals surface area contributed by atoms with Gasteiger partial charge in [0.25, 0.3) is 0 Å². The van der Waals surface area contributed by atoms with Gasteiger partial charge in [0.1, 0.15) is 17.3 Å². The maximum Gasteiger partial charge on any atom is 0.171 e. The summed E-state index contributed by atoms with van der Waals surface area (Å²) in [5, 5.41) is 13.4. The highest BCUT2D eigenvalue weighted by Gasteiger charge is 2.36. The topological polar surface area (TPSA) is 86.1 Å². The molecule has 0 saturated carbocycles. The van der Waals surface area contributed by atoms with Gasteiger partial charge >= 0.3 is 0 Å². The molecule has 3 aromatic rings. The van der Waals surface area contributed by atoms with Crippen molar-refractivity contribution < 1.29 is 9.13 Å². The molecule has 1 aromatic carbocycles. The van der Waals surface area contributed by atoms with Crippen LogP contribution >= 0.6 is 0 Å². The van der Waals surface area contributed by atoms with Gasteiger partial charge in [-0.15, -0.1) is 0 Å². The molecule has 3 fully saturated rings. The largest absolute Gasteiger partial charge is 0.370 e. The van der Waals surface area contributed by atoms with E-state index in [2.05, 4.69) is 64.0 Å². The first-order chi connectivity index (χ1) is 17.3. The van der Waals surface area contributed by atoms with Crippen LogP contribution in [0.15, 0.2) is 42.6 Å². The Morgan fingerprint density at radius 3 is 2.56 bits per heavy atom. The number of anilines is 2. The smallest absolute Gasteiger partial charge is 0.171 e. The predicted molar refractivity (Wildman–Crippen MR) is 137 cm³/mol. The molecule has 2 N–H and O–H groups in total. The molecule has 36 heavy (non-hydrogen) atoms. The molecule has 6 rings (SSSR count). The van der Waals surface area contributed by atoms with Gasteiger partial charge in [-0.25, -0.2) is 8.91 Å². The van der Waals surface area contributed by atoms with Crippen LogP contribution in [0.25, 0.3) is 5.52 Å². The van der Waals surface area contributed by atoms with Crippen molar-refractivity contribution in [2.75, 3.05) is 55.6 Å². The summed E-state index contributed by atoms with van der Waals surface area (Å²) in [6.07, 6.45) is 1.22. The van der Waals surface area contributed by atoms with Gasteiger partial charge in [0, 0.05) is 63.0 Å². The number of ether oxygens (including phenoxy) is 1. The minimum absolute atomic E-state index is 0.0203. The standard InChI is InChI=1S/C27H32FN7O/c1-18-11-33(25-8-7-22(9-29)35-26(25)24(28)10-31-35)15-23(36-18)14-32-12-20(13-32)19-3-5-21(6-4-19)34-16-27(2,30)17-34/h3-8,10,18,20,23H,11-17,30H2,1-2H3. The molecule has 0 bridgehead atoms. The Morgan fingerprint density at radius 2 is 1.86 bits per heavy atom. The molecule has 2 unspecified atom stereocenters. The summed E-state index contributed by atoms with van der Waals surface area (Å²) in [5.41, 5.74) is 10.1. The lowest BCUT2D eigenvalue weighted by Crippen LogP contribution is -2.65. The van der Waals surface area contributed by atoms with E-state index in [1.54, 1.807) is 6.07 Å². The predicted octanol–water partition coefficient (Wildman–Crippen LogP) is 2.58. The highest BCUT2D eigenvalue weighted by molar-refractivity contribution is 5.74. The molecule has 2 atom stereocenters. The van der Waals surface area contributed by atoms with Crippen molar-refractivity contribution in [3.63, 3.8) is 0 Å². The van der Waals surface area contributed by atoms with Gasteiger partial charge in [0.05, 0.1) is 24.1 Å². The maximum absolute atomic E-state index is 14.6. The van der Waals surface area contributed by atoms with Crippen molar-refractivity contribution in [3.8, 4) is 6.07 Å². The molecule has 3 aliphatic rings. The Bertz CT molecular complexity index is 1300. The van der Waals surface area contributed by atoms with Crippen molar-refractivity contribution in [1.29, 1.82) is 5.26 Å². The van der Waals surface area contributed by atoms with Crippen molar-refractivity contribution in [2.45, 2.75) is 37.5 Å². The number of nitrogens with two attached hydrogens (primary N) is 1. The molecule has 188 valence electrons. The van der Waals surface area contributed by atoms with Crippen LogP contribution in [0, 0.1) is 17.1 Å². The summed E-state index contributed by atoms with van der Waals surface area (Å²) in [6, 6.07) is 14.5. The summed E-state index contributed by atoms with van der Waals surface area (Å²) in [5.74, 6) is 0.118. The number of morpholine rings is 1. The highest BCUT2D eigenvalue weighted by Crippen LogP contribution is 2.33. The Balaban J connectivity index is 1.08. The summed E-state index contributed by atoms with van der Waals surface area (Å²) in [6.45, 7) is 10.2. The summed E-state index contributed by atoms with van der Waals surface area (Å²) in [4.78, 5) is 6.92. The number of hydrogen-bond acceptors (Lipinski definition) is 7. The molecule has 8 nitrogen and oxygen atoms in total. The van der Waals surface area contributed by atoms with Crippen LogP contribution in [0.3, 0.4) is 0 Å². The fourth-order valence-electron chi connectivity index (χ4n) is 5.92. The molecule has 3 aliphatic heterocycles. The minimum Gasteiger partial charge on any atom is -0.370 e. The van der Waals surface area contributed by atoms with Crippen LogP contribution in [0.2, 0.25) is 0 Å². The third-order valence-electron chi connectivity index (χ3n) is 7.63. The van der Waals surface area contributed by atoms with Crippen LogP contribution in [0.5, 0.6) is 0 Å². The molecule has 0 radical (unpaired) electrons. The molecule has 0 aliphatic carbocycles. The van der Waals surface area contributed by atoms with E-state index >= 15 is 0 Å². The second-order valence-electron chi connectivity index (χ2n) is 11.0. The van der Waals surface area contributed by atoms with Gasteiger partial charge in [-0.1, -0.05) is 12.1 Å². The summed E-state index contributed by atoms with van der Waals surface area (Å²) in [7, 11) is 0. The van der Waals surface area contributed by atoms with Gasteiger partial charge in [-0.05, 0) is 43.7 Å². The number of fused-ring (bicyclic) bond motifs is 1. The van der Waals surface area contributed by atoms with E-state index in [9.17, 15) is 9.65 Å². The number of hydrogen-bond donors (Lipinski definition) is 1. The SMILES string of the molecule is CC1CN(c2ccc(C#N)n3ncc(F)c23)CC(CN2CC(c3ccc(N4CC(C)(N)C4)cc3)C2)O1. The monoisotopic (exact) mass is 489 g/mol. The zero-order valence-corrected chi connectivity index (χ0v) is 20.8. The van der Waals surface area contributed by atoms with Crippen molar-refractivity contribution >= 4 is 16.9 Å². The van der Waals surface area contributed by atoms with Crippen LogP contribution in [-0.2, 0) is 4.74 Å². The Kier molecular flexibility index (Phi) is 5.63. The Morgan fingerprint density at radius 1 is 1.11 bits per heavy atom. The zero-order chi connectivity index (χ0) is 25.0. The van der Waals surface area contributed by atoms with Gasteiger partial charge in [-0.2, -0.15) is 10.4 Å². The van der Waals surface area contributed by atoms with E-state index in [1.807, 2.05) is 6.07 Å². The van der Waals surface area contributed by atoms with Gasteiger partial charge < -0.3 is 20.3 Å². The lowest BCUT2D eigenvalue weighted by atomic mass is 9.89. The van der Waals surface area contributed by atoms with Crippen LogP contribution < -0.4 is 15.5 Å². The second kappa shape index (κ2) is 8.73. The number of pyridine rings is 1. The Hall–Kier alpha value is -3.19. The number of benzene rings is 1. The second-order valence-corrected chi connectivity index (χ2v) is 11.0. The fourth-order valence-corrected chi connectivity index (χ4v) is 5.92. The van der Waals surface area contributed by atoms with Crippen LogP contribution in [0.4, 0.5) is 15.8 Å². The number of nitriles is 1. The number of halogens is 1. The molecular weight excluding hydrogens is 457 g/mol. The maximum atomic E-state index is 14.6. The number of rotatable bonds is 5. The van der Waals surface area contributed by atoms with E-state index in [-0.39, 0.29) is 17.7 Å². The quantitative estimate of drug-likeness (QED) is 0.590. The lowest BCUT2D eigenvalue weighted by Gasteiger charge is -2.47. The summed E-state index contributed by atoms with van der Waals surface area (Å²) < 4.78 is 22.3. The van der Waals surface area contributed by atoms with Gasteiger partial charge in [0.15, 0.2) is 5.82 Å². The minimum atomic E-state index is -0.416. The lowest BCUT2D eigenvalue weighted by molar-refractivity contribution is -0.0435. The van der Waals surface area contributed by atoms with Crippen molar-refractivity contribution in [3.05, 3.63) is 59.7 Å². The number of likely N-dealkylation sites (tertiary alicyclic amines) is 1. The van der Waals surface area contributed by atoms with Crippen molar-refractivity contribution in [2.24, 2.45) is 5.73 Å². The van der Waals surface area contributed by atoms with Crippen LogP contribution in [0.1, 0.15) is 31.0 Å². The van der Waals surface area contributed by atoms with Crippen LogP contribution in [-0.4, -0.2) is 78.1 Å². The normalized spacial score (nSPS) is 24.4. The number of nitrogens with zero attached hydrogens (tertiary/aromatic N) is 6. The molecule has 2 aromatic heterocycles. The van der Waals surface area contributed by atoms with Gasteiger partial charge in [-0.3, -0.25) is 4.90 Å². The highest BCUT2D eigenvalue weighted by atomic mass is 19.1. The van der Waals surface area contributed by atoms with Crippen molar-refractivity contribution in [1.82, 2.24) is 14.5 Å². The average Bonchev–Trinajstić information content (AvgIpc) is 3.20. The molecule has 0 spiro atoms. The Labute approximate surface area is 210 Å². The third kappa shape index (κ3) is 4.19. The average molecular weight is 490 g/mol. The first kappa shape index (κ1) is 23.2. The zero-order valence-electron chi connectivity index (χ0n) is 20.8. The fraction of sp³-hybridized carbons (Fsp3) is 0.481. The number of aromatic nitrogens is 2.